The van der Waals surface area contributed by atoms with Gasteiger partial charge in [-0.15, -0.1) is 0 Å². The van der Waals surface area contributed by atoms with Crippen molar-refractivity contribution in [2.75, 3.05) is 0 Å². The third kappa shape index (κ3) is 3.82. The van der Waals surface area contributed by atoms with Gasteiger partial charge in [0.05, 0.1) is 11.2 Å². The first-order chi connectivity index (χ1) is 14.0. The molecule has 2 heterocycles. The SMILES string of the molecule is CC(CCc1ccccc1)NC(=O)C(C)NC(=O)C1N2C(=O)CC2S(=O)(=O)C1(C)C. The molecule has 1 aromatic carbocycles. The molecular weight excluding hydrogens is 406 g/mol. The van der Waals surface area contributed by atoms with E-state index < -0.39 is 37.9 Å². The molecule has 8 nitrogen and oxygen atoms in total. The van der Waals surface area contributed by atoms with Gasteiger partial charge in [-0.3, -0.25) is 14.4 Å². The number of fused-ring (bicyclic) bond motifs is 1. The fourth-order valence-corrected chi connectivity index (χ4v) is 6.21. The monoisotopic (exact) mass is 435 g/mol. The molecule has 2 N–H and O–H groups in total. The van der Waals surface area contributed by atoms with Crippen LogP contribution in [0.4, 0.5) is 0 Å². The molecule has 0 radical (unpaired) electrons. The summed E-state index contributed by atoms with van der Waals surface area (Å²) in [6.45, 7) is 6.34. The minimum Gasteiger partial charge on any atom is -0.352 e. The summed E-state index contributed by atoms with van der Waals surface area (Å²) in [5, 5.41) is 4.52. The lowest BCUT2D eigenvalue weighted by atomic mass is 9.97. The molecular formula is C21H29N3O5S. The van der Waals surface area contributed by atoms with E-state index in [2.05, 4.69) is 10.6 Å². The molecule has 3 amide bonds. The molecule has 2 fully saturated rings. The smallest absolute Gasteiger partial charge is 0.245 e. The van der Waals surface area contributed by atoms with E-state index in [-0.39, 0.29) is 24.3 Å². The summed E-state index contributed by atoms with van der Waals surface area (Å²) in [5.74, 6) is -1.34. The number of amides is 3. The van der Waals surface area contributed by atoms with E-state index >= 15 is 0 Å². The number of carbonyl (C=O) groups is 3. The topological polar surface area (TPSA) is 113 Å². The first-order valence-corrected chi connectivity index (χ1v) is 11.7. The van der Waals surface area contributed by atoms with Gasteiger partial charge in [-0.1, -0.05) is 30.3 Å². The third-order valence-corrected chi connectivity index (χ3v) is 8.87. The minimum absolute atomic E-state index is 0.0927. The molecule has 4 atom stereocenters. The Kier molecular flexibility index (Phi) is 5.95. The number of hydrogen-bond acceptors (Lipinski definition) is 5. The number of hydrogen-bond donors (Lipinski definition) is 2. The highest BCUT2D eigenvalue weighted by molar-refractivity contribution is 7.93. The van der Waals surface area contributed by atoms with E-state index in [1.165, 1.54) is 19.4 Å². The minimum atomic E-state index is -3.66. The van der Waals surface area contributed by atoms with Crippen LogP contribution in [-0.4, -0.2) is 59.3 Å². The lowest BCUT2D eigenvalue weighted by molar-refractivity contribution is -0.150. The number of rotatable bonds is 7. The lowest BCUT2D eigenvalue weighted by Crippen LogP contribution is -2.61. The maximum absolute atomic E-state index is 12.8. The van der Waals surface area contributed by atoms with Crippen molar-refractivity contribution >= 4 is 27.6 Å². The largest absolute Gasteiger partial charge is 0.352 e. The van der Waals surface area contributed by atoms with Gasteiger partial charge >= 0.3 is 0 Å². The Labute approximate surface area is 177 Å². The number of nitrogens with zero attached hydrogens (tertiary/aromatic N) is 1. The highest BCUT2D eigenvalue weighted by atomic mass is 32.2. The summed E-state index contributed by atoms with van der Waals surface area (Å²) in [6, 6.07) is 7.85. The van der Waals surface area contributed by atoms with Crippen molar-refractivity contribution in [2.45, 2.75) is 75.2 Å². The number of aryl methyl sites for hydroxylation is 1. The second-order valence-electron chi connectivity index (χ2n) is 8.67. The van der Waals surface area contributed by atoms with Crippen LogP contribution in [-0.2, 0) is 30.6 Å². The Balaban J connectivity index is 1.57. The zero-order chi connectivity index (χ0) is 22.3. The molecule has 4 unspecified atom stereocenters. The van der Waals surface area contributed by atoms with Gasteiger partial charge in [0.1, 0.15) is 17.5 Å². The van der Waals surface area contributed by atoms with Crippen LogP contribution in [0.15, 0.2) is 30.3 Å². The fourth-order valence-electron chi connectivity index (χ4n) is 4.08. The van der Waals surface area contributed by atoms with Crippen molar-refractivity contribution < 1.29 is 22.8 Å². The van der Waals surface area contributed by atoms with Crippen molar-refractivity contribution in [3.63, 3.8) is 0 Å². The molecule has 2 aliphatic heterocycles. The summed E-state index contributed by atoms with van der Waals surface area (Å²) < 4.78 is 23.9. The van der Waals surface area contributed by atoms with Crippen LogP contribution >= 0.6 is 0 Å². The molecule has 3 rings (SSSR count). The van der Waals surface area contributed by atoms with Gasteiger partial charge in [0, 0.05) is 6.04 Å². The van der Waals surface area contributed by atoms with Crippen LogP contribution in [0.5, 0.6) is 0 Å². The molecule has 0 spiro atoms. The second kappa shape index (κ2) is 8.02. The van der Waals surface area contributed by atoms with Crippen LogP contribution in [0, 0.1) is 0 Å². The van der Waals surface area contributed by atoms with E-state index in [4.69, 9.17) is 0 Å². The van der Waals surface area contributed by atoms with Crippen LogP contribution < -0.4 is 10.6 Å². The average molecular weight is 436 g/mol. The van der Waals surface area contributed by atoms with E-state index in [1.807, 2.05) is 37.3 Å². The Morgan fingerprint density at radius 3 is 2.40 bits per heavy atom. The molecule has 30 heavy (non-hydrogen) atoms. The van der Waals surface area contributed by atoms with Crippen molar-refractivity contribution in [1.82, 2.24) is 15.5 Å². The van der Waals surface area contributed by atoms with Crippen molar-refractivity contribution in [1.29, 1.82) is 0 Å². The van der Waals surface area contributed by atoms with Gasteiger partial charge in [-0.25, -0.2) is 8.42 Å². The van der Waals surface area contributed by atoms with Gasteiger partial charge in [0.15, 0.2) is 9.84 Å². The predicted molar refractivity (Wildman–Crippen MR) is 112 cm³/mol. The van der Waals surface area contributed by atoms with Crippen LogP contribution in [0.1, 0.15) is 46.1 Å². The molecule has 0 aromatic heterocycles. The van der Waals surface area contributed by atoms with Crippen molar-refractivity contribution in [2.24, 2.45) is 0 Å². The van der Waals surface area contributed by atoms with E-state index in [0.717, 1.165) is 17.7 Å². The molecule has 1 aromatic rings. The van der Waals surface area contributed by atoms with Gasteiger partial charge < -0.3 is 15.5 Å². The Bertz CT molecular complexity index is 945. The highest BCUT2D eigenvalue weighted by Gasteiger charge is 2.67. The zero-order valence-corrected chi connectivity index (χ0v) is 18.5. The third-order valence-electron chi connectivity index (χ3n) is 6.07. The Morgan fingerprint density at radius 1 is 1.17 bits per heavy atom. The molecule has 0 aliphatic carbocycles. The molecule has 2 saturated heterocycles. The maximum Gasteiger partial charge on any atom is 0.245 e. The van der Waals surface area contributed by atoms with Gasteiger partial charge in [0.25, 0.3) is 0 Å². The van der Waals surface area contributed by atoms with E-state index in [9.17, 15) is 22.8 Å². The Morgan fingerprint density at radius 2 is 1.80 bits per heavy atom. The van der Waals surface area contributed by atoms with Crippen LogP contribution in [0.2, 0.25) is 0 Å². The lowest BCUT2D eigenvalue weighted by Gasteiger charge is -2.37. The molecule has 0 bridgehead atoms. The predicted octanol–water partition coefficient (Wildman–Crippen LogP) is 0.763. The summed E-state index contributed by atoms with van der Waals surface area (Å²) in [5.41, 5.74) is 1.18. The number of carbonyl (C=O) groups excluding carboxylic acids is 3. The summed E-state index contributed by atoms with van der Waals surface area (Å²) in [4.78, 5) is 38.4. The average Bonchev–Trinajstić information content (AvgIpc) is 2.80. The number of β-lactam (4-membered cyclic amide) rings is 1. The number of sulfone groups is 1. The second-order valence-corrected chi connectivity index (χ2v) is 11.4. The summed E-state index contributed by atoms with van der Waals surface area (Å²) >= 11 is 0. The fraction of sp³-hybridized carbons (Fsp3) is 0.571. The van der Waals surface area contributed by atoms with E-state index in [0.29, 0.717) is 0 Å². The van der Waals surface area contributed by atoms with Crippen molar-refractivity contribution in [3.8, 4) is 0 Å². The summed E-state index contributed by atoms with van der Waals surface area (Å²) in [6.07, 6.45) is 1.47. The Hall–Kier alpha value is -2.42. The zero-order valence-electron chi connectivity index (χ0n) is 17.7. The molecule has 0 saturated carbocycles. The van der Waals surface area contributed by atoms with Crippen molar-refractivity contribution in [3.05, 3.63) is 35.9 Å². The maximum atomic E-state index is 12.8. The van der Waals surface area contributed by atoms with Gasteiger partial charge in [-0.05, 0) is 46.1 Å². The summed E-state index contributed by atoms with van der Waals surface area (Å²) in [7, 11) is -3.66. The van der Waals surface area contributed by atoms with Crippen LogP contribution in [0.3, 0.4) is 0 Å². The number of nitrogens with one attached hydrogen (secondary N) is 2. The quantitative estimate of drug-likeness (QED) is 0.614. The van der Waals surface area contributed by atoms with Gasteiger partial charge in [-0.2, -0.15) is 0 Å². The highest BCUT2D eigenvalue weighted by Crippen LogP contribution is 2.45. The molecule has 164 valence electrons. The van der Waals surface area contributed by atoms with Crippen LogP contribution in [0.25, 0.3) is 0 Å². The molecule has 9 heteroatoms. The van der Waals surface area contributed by atoms with Gasteiger partial charge in [0.2, 0.25) is 17.7 Å². The normalized spacial score (nSPS) is 25.6. The first-order valence-electron chi connectivity index (χ1n) is 10.2. The number of benzene rings is 1. The first kappa shape index (κ1) is 22.3. The standard InChI is InChI=1S/C21H29N3O5S/c1-13(10-11-15-8-6-5-7-9-15)22-19(26)14(2)23-20(27)18-21(3,4)30(28,29)17-12-16(25)24(17)18/h5-9,13-14,17-18H,10-12H2,1-4H3,(H,22,26)(H,23,27). The molecule has 2 aliphatic rings. The van der Waals surface area contributed by atoms with E-state index in [1.54, 1.807) is 6.92 Å².